The number of carbonyl (C=O) groups excluding carboxylic acids is 2. The third kappa shape index (κ3) is 1.74. The molecule has 0 atom stereocenters. The van der Waals surface area contributed by atoms with Gasteiger partial charge in [-0.1, -0.05) is 6.07 Å². The first-order chi connectivity index (χ1) is 12.6. The van der Waals surface area contributed by atoms with Crippen molar-refractivity contribution < 1.29 is 9.59 Å². The molecule has 1 aromatic carbocycles. The van der Waals surface area contributed by atoms with Crippen LogP contribution in [0.4, 0.5) is 5.82 Å². The van der Waals surface area contributed by atoms with Gasteiger partial charge in [-0.3, -0.25) is 24.3 Å². The number of hydrogen-bond acceptors (Lipinski definition) is 4. The largest absolute Gasteiger partial charge is 0.384 e. The smallest absolute Gasteiger partial charge is 0.262 e. The molecule has 0 saturated heterocycles. The Morgan fingerprint density at radius 2 is 1.77 bits per heavy atom. The van der Waals surface area contributed by atoms with E-state index in [0.717, 1.165) is 22.5 Å². The molecule has 0 bridgehead atoms. The van der Waals surface area contributed by atoms with Gasteiger partial charge in [0.2, 0.25) is 0 Å². The van der Waals surface area contributed by atoms with Crippen LogP contribution in [-0.4, -0.2) is 20.8 Å². The van der Waals surface area contributed by atoms with E-state index >= 15 is 0 Å². The lowest BCUT2D eigenvalue weighted by Gasteiger charge is -2.15. The van der Waals surface area contributed by atoms with Gasteiger partial charge in [-0.2, -0.15) is 0 Å². The SMILES string of the molecule is Nc1c2c(cc(=O)n1-c1cccc3c1ccc1cccn13)C(=O)NC2=O. The van der Waals surface area contributed by atoms with Crippen LogP contribution in [0.1, 0.15) is 20.7 Å². The summed E-state index contributed by atoms with van der Waals surface area (Å²) in [6, 6.07) is 14.4. The van der Waals surface area contributed by atoms with Crippen molar-refractivity contribution in [3.05, 3.63) is 76.2 Å². The van der Waals surface area contributed by atoms with Gasteiger partial charge >= 0.3 is 0 Å². The number of fused-ring (bicyclic) bond motifs is 4. The average Bonchev–Trinajstić information content (AvgIpc) is 3.20. The first kappa shape index (κ1) is 14.5. The predicted octanol–water partition coefficient (Wildman–Crippen LogP) is 1.71. The van der Waals surface area contributed by atoms with Crippen LogP contribution in [0.2, 0.25) is 0 Å². The predicted molar refractivity (Wildman–Crippen MR) is 96.7 cm³/mol. The van der Waals surface area contributed by atoms with Gasteiger partial charge in [-0.25, -0.2) is 0 Å². The molecule has 0 fully saturated rings. The van der Waals surface area contributed by atoms with Crippen molar-refractivity contribution in [2.75, 3.05) is 5.73 Å². The highest BCUT2D eigenvalue weighted by molar-refractivity contribution is 6.23. The van der Waals surface area contributed by atoms with Gasteiger partial charge in [0.1, 0.15) is 5.82 Å². The molecule has 0 radical (unpaired) electrons. The highest BCUT2D eigenvalue weighted by Gasteiger charge is 2.32. The summed E-state index contributed by atoms with van der Waals surface area (Å²) in [5.41, 5.74) is 8.21. The minimum absolute atomic E-state index is 0.0155. The Balaban J connectivity index is 1.90. The number of hydrogen-bond donors (Lipinski definition) is 2. The summed E-state index contributed by atoms with van der Waals surface area (Å²) < 4.78 is 3.28. The Bertz CT molecular complexity index is 1330. The van der Waals surface area contributed by atoms with Crippen LogP contribution in [0.5, 0.6) is 0 Å². The molecular formula is C19H12N4O3. The first-order valence-electron chi connectivity index (χ1n) is 7.96. The number of pyridine rings is 2. The molecule has 3 N–H and O–H groups in total. The van der Waals surface area contributed by atoms with Crippen LogP contribution in [0, 0.1) is 0 Å². The molecule has 4 aromatic rings. The number of aromatic nitrogens is 2. The number of nitrogens with zero attached hydrogens (tertiary/aromatic N) is 2. The van der Waals surface area contributed by atoms with Gasteiger partial charge in [0.15, 0.2) is 0 Å². The van der Waals surface area contributed by atoms with Crippen LogP contribution in [-0.2, 0) is 0 Å². The molecule has 0 saturated carbocycles. The zero-order chi connectivity index (χ0) is 18.0. The van der Waals surface area contributed by atoms with Crippen LogP contribution >= 0.6 is 0 Å². The Labute approximate surface area is 146 Å². The monoisotopic (exact) mass is 344 g/mol. The van der Waals surface area contributed by atoms with E-state index in [4.69, 9.17) is 5.73 Å². The van der Waals surface area contributed by atoms with E-state index < -0.39 is 17.4 Å². The molecule has 5 rings (SSSR count). The zero-order valence-corrected chi connectivity index (χ0v) is 13.4. The summed E-state index contributed by atoms with van der Waals surface area (Å²) in [6.07, 6.45) is 1.93. The molecule has 7 heteroatoms. The number of anilines is 1. The average molecular weight is 344 g/mol. The highest BCUT2D eigenvalue weighted by atomic mass is 16.2. The Kier molecular flexibility index (Phi) is 2.68. The number of rotatable bonds is 1. The normalized spacial score (nSPS) is 13.4. The van der Waals surface area contributed by atoms with Gasteiger partial charge in [0.05, 0.1) is 22.3 Å². The maximum atomic E-state index is 12.7. The van der Waals surface area contributed by atoms with Gasteiger partial charge < -0.3 is 10.1 Å². The van der Waals surface area contributed by atoms with E-state index in [9.17, 15) is 14.4 Å². The molecular weight excluding hydrogens is 332 g/mol. The Morgan fingerprint density at radius 1 is 0.923 bits per heavy atom. The number of benzene rings is 1. The summed E-state index contributed by atoms with van der Waals surface area (Å²) in [7, 11) is 0. The van der Waals surface area contributed by atoms with Crippen molar-refractivity contribution in [3.63, 3.8) is 0 Å². The summed E-state index contributed by atoms with van der Waals surface area (Å²) in [5, 5.41) is 2.97. The number of nitrogens with one attached hydrogen (secondary N) is 1. The quantitative estimate of drug-likeness (QED) is 0.514. The van der Waals surface area contributed by atoms with Crippen molar-refractivity contribution in [3.8, 4) is 5.69 Å². The van der Waals surface area contributed by atoms with Crippen molar-refractivity contribution in [2.45, 2.75) is 0 Å². The molecule has 0 unspecified atom stereocenters. The molecule has 3 aromatic heterocycles. The van der Waals surface area contributed by atoms with E-state index in [1.807, 2.05) is 47.0 Å². The molecule has 2 amide bonds. The Morgan fingerprint density at radius 3 is 2.62 bits per heavy atom. The van der Waals surface area contributed by atoms with E-state index in [2.05, 4.69) is 5.32 Å². The molecule has 0 spiro atoms. The molecule has 1 aliphatic rings. The fourth-order valence-electron chi connectivity index (χ4n) is 3.56. The van der Waals surface area contributed by atoms with Crippen LogP contribution in [0.15, 0.2) is 59.5 Å². The zero-order valence-electron chi connectivity index (χ0n) is 13.4. The summed E-state index contributed by atoms with van der Waals surface area (Å²) in [5.74, 6) is -1.24. The lowest BCUT2D eigenvalue weighted by atomic mass is 10.1. The van der Waals surface area contributed by atoms with E-state index in [1.165, 1.54) is 4.57 Å². The lowest BCUT2D eigenvalue weighted by molar-refractivity contribution is 0.0880. The van der Waals surface area contributed by atoms with Gasteiger partial charge in [-0.15, -0.1) is 0 Å². The second kappa shape index (κ2) is 4.82. The minimum Gasteiger partial charge on any atom is -0.384 e. The van der Waals surface area contributed by atoms with E-state index in [0.29, 0.717) is 5.69 Å². The lowest BCUT2D eigenvalue weighted by Crippen LogP contribution is -2.24. The van der Waals surface area contributed by atoms with Gasteiger partial charge in [0.25, 0.3) is 17.4 Å². The van der Waals surface area contributed by atoms with Crippen molar-refractivity contribution in [2.24, 2.45) is 0 Å². The molecule has 26 heavy (non-hydrogen) atoms. The second-order valence-electron chi connectivity index (χ2n) is 6.12. The number of carbonyl (C=O) groups is 2. The standard InChI is InChI=1S/C19H12N4O3/c20-17-16-12(18(25)21-19(16)26)9-15(24)23(17)14-5-1-4-13-11(14)7-6-10-3-2-8-22(10)13/h1-9H,20H2,(H,21,25,26). The maximum absolute atomic E-state index is 12.7. The molecule has 1 aliphatic heterocycles. The third-order valence-corrected chi connectivity index (χ3v) is 4.71. The van der Waals surface area contributed by atoms with Crippen LogP contribution in [0.25, 0.3) is 22.1 Å². The highest BCUT2D eigenvalue weighted by Crippen LogP contribution is 2.28. The fraction of sp³-hybridized carbons (Fsp3) is 0. The number of imide groups is 1. The van der Waals surface area contributed by atoms with Crippen LogP contribution < -0.4 is 16.6 Å². The van der Waals surface area contributed by atoms with Crippen LogP contribution in [0.3, 0.4) is 0 Å². The van der Waals surface area contributed by atoms with Crippen molar-refractivity contribution >= 4 is 34.1 Å². The summed E-state index contributed by atoms with van der Waals surface area (Å²) in [4.78, 5) is 36.6. The molecule has 126 valence electrons. The first-order valence-corrected chi connectivity index (χ1v) is 7.96. The molecule has 7 nitrogen and oxygen atoms in total. The second-order valence-corrected chi connectivity index (χ2v) is 6.12. The fourth-order valence-corrected chi connectivity index (χ4v) is 3.56. The third-order valence-electron chi connectivity index (χ3n) is 4.71. The molecule has 0 aliphatic carbocycles. The van der Waals surface area contributed by atoms with E-state index in [-0.39, 0.29) is 16.9 Å². The van der Waals surface area contributed by atoms with Crippen molar-refractivity contribution in [1.29, 1.82) is 0 Å². The topological polar surface area (TPSA) is 98.6 Å². The summed E-state index contributed by atoms with van der Waals surface area (Å²) >= 11 is 0. The number of amides is 2. The number of nitrogens with two attached hydrogens (primary N) is 1. The van der Waals surface area contributed by atoms with E-state index in [1.54, 1.807) is 6.07 Å². The number of nitrogen functional groups attached to an aromatic ring is 1. The van der Waals surface area contributed by atoms with Gasteiger partial charge in [-0.05, 0) is 36.4 Å². The minimum atomic E-state index is -0.604. The summed E-state index contributed by atoms with van der Waals surface area (Å²) in [6.45, 7) is 0. The van der Waals surface area contributed by atoms with Gasteiger partial charge in [0, 0.05) is 23.2 Å². The maximum Gasteiger partial charge on any atom is 0.262 e. The molecule has 4 heterocycles. The van der Waals surface area contributed by atoms with Crippen molar-refractivity contribution in [1.82, 2.24) is 14.3 Å². The Hall–Kier alpha value is -3.87.